The van der Waals surface area contributed by atoms with Crippen molar-refractivity contribution in [2.75, 3.05) is 0 Å². The molecule has 1 fully saturated rings. The Balaban J connectivity index is 1.31. The molecule has 4 nitrogen and oxygen atoms in total. The van der Waals surface area contributed by atoms with E-state index in [1.807, 2.05) is 53.4 Å². The second-order valence-corrected chi connectivity index (χ2v) is 8.78. The second kappa shape index (κ2) is 7.86. The van der Waals surface area contributed by atoms with Crippen LogP contribution in [0.25, 0.3) is 27.5 Å². The van der Waals surface area contributed by atoms with Crippen molar-refractivity contribution in [3.63, 3.8) is 0 Å². The molecule has 2 atom stereocenters. The standard InChI is InChI=1S/C28H25NO3/c30-28(31-18-19-8-2-1-3-9-19)29-21-10-6-11-22(29)17-20(16-21)23-13-7-14-25-24-12-4-5-15-26(24)32-27(23)25/h1-5,7-9,12-16,21-22H,6,10-11,17-18H2. The predicted molar refractivity (Wildman–Crippen MR) is 126 cm³/mol. The average Bonchev–Trinajstić information content (AvgIpc) is 3.21. The quantitative estimate of drug-likeness (QED) is 0.359. The van der Waals surface area contributed by atoms with Crippen molar-refractivity contribution < 1.29 is 13.9 Å². The number of para-hydroxylation sites is 2. The van der Waals surface area contributed by atoms with Crippen LogP contribution in [0.1, 0.15) is 36.8 Å². The first-order valence-corrected chi connectivity index (χ1v) is 11.4. The van der Waals surface area contributed by atoms with Gasteiger partial charge >= 0.3 is 6.09 Å². The molecule has 32 heavy (non-hydrogen) atoms. The van der Waals surface area contributed by atoms with Crippen molar-refractivity contribution in [3.8, 4) is 0 Å². The molecule has 3 aromatic carbocycles. The molecule has 2 unspecified atom stereocenters. The summed E-state index contributed by atoms with van der Waals surface area (Å²) in [4.78, 5) is 15.0. The van der Waals surface area contributed by atoms with Crippen molar-refractivity contribution in [1.29, 1.82) is 0 Å². The highest BCUT2D eigenvalue weighted by atomic mass is 16.6. The van der Waals surface area contributed by atoms with Crippen LogP contribution in [0.5, 0.6) is 0 Å². The van der Waals surface area contributed by atoms with E-state index in [4.69, 9.17) is 9.15 Å². The number of ether oxygens (including phenoxy) is 1. The Morgan fingerprint density at radius 3 is 2.62 bits per heavy atom. The van der Waals surface area contributed by atoms with Gasteiger partial charge in [0.25, 0.3) is 0 Å². The van der Waals surface area contributed by atoms with Crippen LogP contribution in [-0.2, 0) is 11.3 Å². The van der Waals surface area contributed by atoms with Crippen LogP contribution in [-0.4, -0.2) is 23.1 Å². The molecule has 0 aliphatic carbocycles. The van der Waals surface area contributed by atoms with E-state index in [9.17, 15) is 4.79 Å². The number of furan rings is 1. The minimum Gasteiger partial charge on any atom is -0.455 e. The Bertz CT molecular complexity index is 1320. The van der Waals surface area contributed by atoms with Gasteiger partial charge in [-0.25, -0.2) is 4.79 Å². The number of carbonyl (C=O) groups is 1. The Labute approximate surface area is 187 Å². The van der Waals surface area contributed by atoms with E-state index in [0.29, 0.717) is 6.61 Å². The minimum atomic E-state index is -0.208. The number of carbonyl (C=O) groups excluding carboxylic acids is 1. The molecular weight excluding hydrogens is 398 g/mol. The third-order valence-electron chi connectivity index (χ3n) is 6.80. The zero-order valence-electron chi connectivity index (χ0n) is 17.9. The zero-order chi connectivity index (χ0) is 21.5. The van der Waals surface area contributed by atoms with Gasteiger partial charge in [-0.15, -0.1) is 0 Å². The van der Waals surface area contributed by atoms with Crippen molar-refractivity contribution >= 4 is 33.6 Å². The first kappa shape index (κ1) is 19.2. The molecule has 4 heteroatoms. The lowest BCUT2D eigenvalue weighted by molar-refractivity contribution is 0.0510. The monoisotopic (exact) mass is 423 g/mol. The maximum Gasteiger partial charge on any atom is 0.410 e. The molecule has 160 valence electrons. The van der Waals surface area contributed by atoms with Crippen molar-refractivity contribution in [2.24, 2.45) is 0 Å². The Kier molecular flexibility index (Phi) is 4.71. The van der Waals surface area contributed by atoms with Crippen molar-refractivity contribution in [1.82, 2.24) is 4.90 Å². The fourth-order valence-corrected chi connectivity index (χ4v) is 5.31. The van der Waals surface area contributed by atoms with E-state index in [2.05, 4.69) is 30.3 Å². The van der Waals surface area contributed by atoms with Gasteiger partial charge in [0.2, 0.25) is 0 Å². The Morgan fingerprint density at radius 2 is 1.75 bits per heavy atom. The molecule has 6 rings (SSSR count). The number of amides is 1. The summed E-state index contributed by atoms with van der Waals surface area (Å²) in [6.45, 7) is 0.310. The molecule has 0 radical (unpaired) electrons. The van der Waals surface area contributed by atoms with E-state index in [1.165, 1.54) is 5.57 Å². The van der Waals surface area contributed by atoms with Crippen LogP contribution in [0.15, 0.2) is 83.3 Å². The number of nitrogens with zero attached hydrogens (tertiary/aromatic N) is 1. The molecule has 3 heterocycles. The van der Waals surface area contributed by atoms with E-state index in [1.54, 1.807) is 0 Å². The lowest BCUT2D eigenvalue weighted by Gasteiger charge is -2.44. The van der Waals surface area contributed by atoms with Gasteiger partial charge in [-0.05, 0) is 42.9 Å². The van der Waals surface area contributed by atoms with Crippen molar-refractivity contribution in [2.45, 2.75) is 44.4 Å². The second-order valence-electron chi connectivity index (χ2n) is 8.78. The number of fused-ring (bicyclic) bond motifs is 5. The number of benzene rings is 3. The van der Waals surface area contributed by atoms with E-state index in [-0.39, 0.29) is 18.2 Å². The fourth-order valence-electron chi connectivity index (χ4n) is 5.31. The maximum atomic E-state index is 13.0. The molecule has 4 aromatic rings. The minimum absolute atomic E-state index is 0.0698. The molecule has 0 spiro atoms. The summed E-state index contributed by atoms with van der Waals surface area (Å²) in [5, 5.41) is 2.29. The zero-order valence-corrected chi connectivity index (χ0v) is 17.9. The lowest BCUT2D eigenvalue weighted by atomic mass is 9.83. The van der Waals surface area contributed by atoms with Gasteiger partial charge in [0.15, 0.2) is 0 Å². The van der Waals surface area contributed by atoms with Gasteiger partial charge in [-0.3, -0.25) is 4.90 Å². The highest BCUT2D eigenvalue weighted by molar-refractivity contribution is 6.08. The van der Waals surface area contributed by atoms with E-state index in [0.717, 1.165) is 58.7 Å². The van der Waals surface area contributed by atoms with Crippen LogP contribution < -0.4 is 0 Å². The van der Waals surface area contributed by atoms with Crippen LogP contribution >= 0.6 is 0 Å². The van der Waals surface area contributed by atoms with Gasteiger partial charge in [0.05, 0.1) is 6.04 Å². The molecular formula is C28H25NO3. The molecule has 1 saturated heterocycles. The summed E-state index contributed by atoms with van der Waals surface area (Å²) in [5.41, 5.74) is 5.29. The van der Waals surface area contributed by atoms with Crippen LogP contribution in [0.2, 0.25) is 0 Å². The predicted octanol–water partition coefficient (Wildman–Crippen LogP) is 6.93. The summed E-state index contributed by atoms with van der Waals surface area (Å²) in [7, 11) is 0. The molecule has 0 saturated carbocycles. The summed E-state index contributed by atoms with van der Waals surface area (Å²) < 4.78 is 12.0. The molecule has 2 bridgehead atoms. The summed E-state index contributed by atoms with van der Waals surface area (Å²) in [6.07, 6.45) is 5.99. The largest absolute Gasteiger partial charge is 0.455 e. The number of rotatable bonds is 3. The summed E-state index contributed by atoms with van der Waals surface area (Å²) in [5.74, 6) is 0. The summed E-state index contributed by atoms with van der Waals surface area (Å²) >= 11 is 0. The lowest BCUT2D eigenvalue weighted by Crippen LogP contribution is -2.51. The highest BCUT2D eigenvalue weighted by Gasteiger charge is 2.38. The molecule has 1 aromatic heterocycles. The molecule has 2 aliphatic rings. The Morgan fingerprint density at radius 1 is 0.938 bits per heavy atom. The first-order valence-electron chi connectivity index (χ1n) is 11.4. The van der Waals surface area contributed by atoms with Crippen LogP contribution in [0, 0.1) is 0 Å². The molecule has 2 aliphatic heterocycles. The first-order chi connectivity index (χ1) is 15.8. The number of hydrogen-bond donors (Lipinski definition) is 0. The van der Waals surface area contributed by atoms with Gasteiger partial charge in [0, 0.05) is 22.4 Å². The number of piperidine rings is 1. The van der Waals surface area contributed by atoms with Crippen LogP contribution in [0.4, 0.5) is 4.79 Å². The average molecular weight is 424 g/mol. The van der Waals surface area contributed by atoms with Crippen LogP contribution in [0.3, 0.4) is 0 Å². The number of hydrogen-bond acceptors (Lipinski definition) is 3. The third-order valence-corrected chi connectivity index (χ3v) is 6.80. The van der Waals surface area contributed by atoms with Crippen molar-refractivity contribution in [3.05, 3.63) is 90.0 Å². The Hall–Kier alpha value is -3.53. The van der Waals surface area contributed by atoms with Gasteiger partial charge in [-0.1, -0.05) is 72.8 Å². The van der Waals surface area contributed by atoms with Gasteiger partial charge in [-0.2, -0.15) is 0 Å². The SMILES string of the molecule is O=C(OCc1ccccc1)N1C2C=C(c3cccc4c3oc3ccccc34)CC1CCC2. The summed E-state index contributed by atoms with van der Waals surface area (Å²) in [6, 6.07) is 24.7. The fraction of sp³-hybridized carbons (Fsp3) is 0.250. The smallest absolute Gasteiger partial charge is 0.410 e. The maximum absolute atomic E-state index is 13.0. The highest BCUT2D eigenvalue weighted by Crippen LogP contribution is 2.41. The third kappa shape index (κ3) is 3.27. The normalized spacial score (nSPS) is 20.4. The molecule has 0 N–H and O–H groups in total. The topological polar surface area (TPSA) is 42.7 Å². The van der Waals surface area contributed by atoms with E-state index >= 15 is 0 Å². The van der Waals surface area contributed by atoms with Gasteiger partial charge < -0.3 is 9.15 Å². The van der Waals surface area contributed by atoms with E-state index < -0.39 is 0 Å². The van der Waals surface area contributed by atoms with Gasteiger partial charge in [0.1, 0.15) is 17.8 Å². The molecule has 1 amide bonds.